The van der Waals surface area contributed by atoms with Gasteiger partial charge in [0.15, 0.2) is 0 Å². The molecule has 2 amide bonds. The maximum Gasteiger partial charge on any atom is 0.232 e. The van der Waals surface area contributed by atoms with E-state index in [1.807, 2.05) is 48.5 Å². The van der Waals surface area contributed by atoms with Gasteiger partial charge in [-0.05, 0) is 36.2 Å². The average Bonchev–Trinajstić information content (AvgIpc) is 3.08. The van der Waals surface area contributed by atoms with Gasteiger partial charge in [-0.25, -0.2) is 0 Å². The molecule has 5 heteroatoms. The highest BCUT2D eigenvalue weighted by Gasteiger charge is 2.38. The van der Waals surface area contributed by atoms with E-state index in [-0.39, 0.29) is 24.2 Å². The molecule has 0 N–H and O–H groups in total. The van der Waals surface area contributed by atoms with E-state index in [1.54, 1.807) is 9.80 Å². The molecule has 0 radical (unpaired) electrons. The number of amides is 2. The third kappa shape index (κ3) is 2.94. The van der Waals surface area contributed by atoms with Crippen molar-refractivity contribution in [2.24, 2.45) is 5.92 Å². The van der Waals surface area contributed by atoms with Crippen LogP contribution in [0.15, 0.2) is 48.5 Å². The van der Waals surface area contributed by atoms with Crippen molar-refractivity contribution in [2.75, 3.05) is 29.5 Å². The van der Waals surface area contributed by atoms with Gasteiger partial charge in [0.2, 0.25) is 11.8 Å². The predicted octanol–water partition coefficient (Wildman–Crippen LogP) is 3.03. The number of ether oxygens (including phenoxy) is 1. The summed E-state index contributed by atoms with van der Waals surface area (Å²) in [6.45, 7) is 3.53. The fraction of sp³-hybridized carbons (Fsp3) is 0.333. The molecule has 2 aromatic carbocycles. The minimum absolute atomic E-state index is 0.00165. The molecular formula is C21H22N2O3. The predicted molar refractivity (Wildman–Crippen MR) is 101 cm³/mol. The molecule has 1 fully saturated rings. The summed E-state index contributed by atoms with van der Waals surface area (Å²) in [5, 5.41) is 0. The summed E-state index contributed by atoms with van der Waals surface area (Å²) in [5.41, 5.74) is 2.89. The number of hydrogen-bond acceptors (Lipinski definition) is 3. The normalized spacial score (nSPS) is 19.3. The Morgan fingerprint density at radius 1 is 1.15 bits per heavy atom. The van der Waals surface area contributed by atoms with Gasteiger partial charge in [-0.2, -0.15) is 0 Å². The molecule has 0 bridgehead atoms. The van der Waals surface area contributed by atoms with E-state index in [1.165, 1.54) is 5.56 Å². The average molecular weight is 350 g/mol. The minimum Gasteiger partial charge on any atom is -0.490 e. The summed E-state index contributed by atoms with van der Waals surface area (Å²) in [4.78, 5) is 29.1. The molecule has 2 aromatic rings. The van der Waals surface area contributed by atoms with E-state index in [4.69, 9.17) is 4.74 Å². The van der Waals surface area contributed by atoms with Gasteiger partial charge in [0, 0.05) is 18.7 Å². The molecule has 4 rings (SSSR count). The number of fused-ring (bicyclic) bond motifs is 1. The number of para-hydroxylation sites is 2. The van der Waals surface area contributed by atoms with Gasteiger partial charge >= 0.3 is 0 Å². The maximum absolute atomic E-state index is 13.1. The fourth-order valence-electron chi connectivity index (χ4n) is 3.65. The van der Waals surface area contributed by atoms with E-state index < -0.39 is 0 Å². The molecule has 5 nitrogen and oxygen atoms in total. The monoisotopic (exact) mass is 350 g/mol. The van der Waals surface area contributed by atoms with Gasteiger partial charge in [0.1, 0.15) is 12.4 Å². The molecule has 0 spiro atoms. The number of carbonyl (C=O) groups excluding carboxylic acids is 2. The summed E-state index contributed by atoms with van der Waals surface area (Å²) in [7, 11) is 0. The zero-order chi connectivity index (χ0) is 18.1. The van der Waals surface area contributed by atoms with E-state index in [2.05, 4.69) is 6.92 Å². The molecule has 1 unspecified atom stereocenters. The Morgan fingerprint density at radius 2 is 1.92 bits per heavy atom. The summed E-state index contributed by atoms with van der Waals surface area (Å²) in [5.74, 6) is 0.416. The first-order valence-electron chi connectivity index (χ1n) is 9.10. The number of rotatable bonds is 3. The molecule has 0 aliphatic carbocycles. The van der Waals surface area contributed by atoms with Crippen LogP contribution >= 0.6 is 0 Å². The van der Waals surface area contributed by atoms with Crippen molar-refractivity contribution in [1.82, 2.24) is 0 Å². The van der Waals surface area contributed by atoms with Gasteiger partial charge in [0.05, 0.1) is 18.2 Å². The second-order valence-corrected chi connectivity index (χ2v) is 6.73. The van der Waals surface area contributed by atoms with Crippen molar-refractivity contribution in [3.63, 3.8) is 0 Å². The van der Waals surface area contributed by atoms with Gasteiger partial charge in [-0.15, -0.1) is 0 Å². The summed E-state index contributed by atoms with van der Waals surface area (Å²) in [6, 6.07) is 15.6. The quantitative estimate of drug-likeness (QED) is 0.855. The zero-order valence-corrected chi connectivity index (χ0v) is 14.9. The van der Waals surface area contributed by atoms with Crippen molar-refractivity contribution in [3.8, 4) is 5.75 Å². The van der Waals surface area contributed by atoms with Crippen LogP contribution in [-0.2, 0) is 16.0 Å². The molecular weight excluding hydrogens is 328 g/mol. The van der Waals surface area contributed by atoms with Crippen molar-refractivity contribution in [1.29, 1.82) is 0 Å². The number of benzene rings is 2. The Morgan fingerprint density at radius 3 is 2.69 bits per heavy atom. The molecule has 0 aromatic heterocycles. The number of carbonyl (C=O) groups is 2. The van der Waals surface area contributed by atoms with Crippen LogP contribution in [0.1, 0.15) is 18.9 Å². The smallest absolute Gasteiger partial charge is 0.232 e. The van der Waals surface area contributed by atoms with E-state index in [0.29, 0.717) is 19.7 Å². The van der Waals surface area contributed by atoms with E-state index in [9.17, 15) is 9.59 Å². The first kappa shape index (κ1) is 16.6. The molecule has 26 heavy (non-hydrogen) atoms. The lowest BCUT2D eigenvalue weighted by atomic mass is 10.1. The van der Waals surface area contributed by atoms with Crippen LogP contribution in [-0.4, -0.2) is 31.5 Å². The first-order chi connectivity index (χ1) is 12.7. The van der Waals surface area contributed by atoms with E-state index >= 15 is 0 Å². The number of aryl methyl sites for hydroxylation is 1. The lowest BCUT2D eigenvalue weighted by Gasteiger charge is -2.31. The molecule has 1 atom stereocenters. The SMILES string of the molecule is CCc1ccc(N2CC(C(=O)N3CCOc4ccccc43)CC2=O)cc1. The van der Waals surface area contributed by atoms with Crippen molar-refractivity contribution in [2.45, 2.75) is 19.8 Å². The van der Waals surface area contributed by atoms with Crippen molar-refractivity contribution in [3.05, 3.63) is 54.1 Å². The van der Waals surface area contributed by atoms with Crippen molar-refractivity contribution < 1.29 is 14.3 Å². The first-order valence-corrected chi connectivity index (χ1v) is 9.10. The topological polar surface area (TPSA) is 49.9 Å². The van der Waals surface area contributed by atoms with Crippen LogP contribution in [0.5, 0.6) is 5.75 Å². The Balaban J connectivity index is 1.52. The maximum atomic E-state index is 13.1. The number of nitrogens with zero attached hydrogens (tertiary/aromatic N) is 2. The van der Waals surface area contributed by atoms with Crippen LogP contribution in [0.2, 0.25) is 0 Å². The van der Waals surface area contributed by atoms with Crippen LogP contribution in [0.25, 0.3) is 0 Å². The summed E-state index contributed by atoms with van der Waals surface area (Å²) < 4.78 is 5.63. The molecule has 2 heterocycles. The molecule has 1 saturated heterocycles. The Labute approximate surface area is 153 Å². The van der Waals surface area contributed by atoms with Crippen LogP contribution in [0, 0.1) is 5.92 Å². The lowest BCUT2D eigenvalue weighted by molar-refractivity contribution is -0.124. The molecule has 134 valence electrons. The minimum atomic E-state index is -0.320. The van der Waals surface area contributed by atoms with Crippen LogP contribution in [0.4, 0.5) is 11.4 Å². The second-order valence-electron chi connectivity index (χ2n) is 6.73. The number of anilines is 2. The fourth-order valence-corrected chi connectivity index (χ4v) is 3.65. The standard InChI is InChI=1S/C21H22N2O3/c1-2-15-7-9-17(10-8-15)23-14-16(13-20(23)24)21(25)22-11-12-26-19-6-4-3-5-18(19)22/h3-10,16H,2,11-14H2,1H3. The Kier molecular flexibility index (Phi) is 4.37. The molecule has 0 saturated carbocycles. The van der Waals surface area contributed by atoms with Gasteiger partial charge in [-0.3, -0.25) is 9.59 Å². The third-order valence-electron chi connectivity index (χ3n) is 5.13. The highest BCUT2D eigenvalue weighted by Crippen LogP contribution is 2.34. The molecule has 2 aliphatic rings. The highest BCUT2D eigenvalue weighted by atomic mass is 16.5. The lowest BCUT2D eigenvalue weighted by Crippen LogP contribution is -2.42. The Bertz CT molecular complexity index is 831. The third-order valence-corrected chi connectivity index (χ3v) is 5.13. The Hall–Kier alpha value is -2.82. The molecule has 2 aliphatic heterocycles. The van der Waals surface area contributed by atoms with Crippen LogP contribution in [0.3, 0.4) is 0 Å². The van der Waals surface area contributed by atoms with Gasteiger partial charge in [-0.1, -0.05) is 31.2 Å². The summed E-state index contributed by atoms with van der Waals surface area (Å²) in [6.07, 6.45) is 1.22. The number of hydrogen-bond donors (Lipinski definition) is 0. The van der Waals surface area contributed by atoms with Crippen molar-refractivity contribution >= 4 is 23.2 Å². The zero-order valence-electron chi connectivity index (χ0n) is 14.9. The summed E-state index contributed by atoms with van der Waals surface area (Å²) >= 11 is 0. The van der Waals surface area contributed by atoms with Gasteiger partial charge in [0.25, 0.3) is 0 Å². The van der Waals surface area contributed by atoms with Gasteiger partial charge < -0.3 is 14.5 Å². The van der Waals surface area contributed by atoms with E-state index in [0.717, 1.165) is 23.5 Å². The second kappa shape index (κ2) is 6.83. The van der Waals surface area contributed by atoms with Crippen LogP contribution < -0.4 is 14.5 Å². The largest absolute Gasteiger partial charge is 0.490 e. The highest BCUT2D eigenvalue weighted by molar-refractivity contribution is 6.05.